The molecular weight excluding hydrogens is 162 g/mol. The first-order chi connectivity index (χ1) is 6.27. The van der Waals surface area contributed by atoms with Gasteiger partial charge in [0, 0.05) is 0 Å². The van der Waals surface area contributed by atoms with Crippen LogP contribution in [0.1, 0.15) is 16.7 Å². The third-order valence-electron chi connectivity index (χ3n) is 1.73. The third-order valence-corrected chi connectivity index (χ3v) is 1.73. The van der Waals surface area contributed by atoms with E-state index in [1.807, 2.05) is 19.1 Å². The van der Waals surface area contributed by atoms with E-state index in [2.05, 4.69) is 6.07 Å². The SMILES string of the molecule is Cc1ccc(C#N)c(C=CCO)c1. The molecule has 0 saturated heterocycles. The smallest absolute Gasteiger partial charge is 0.0997 e. The number of rotatable bonds is 2. The van der Waals surface area contributed by atoms with E-state index in [0.717, 1.165) is 11.1 Å². The standard InChI is InChI=1S/C11H11NO/c1-9-4-5-11(8-12)10(7-9)3-2-6-13/h2-5,7,13H,6H2,1H3. The zero-order valence-corrected chi connectivity index (χ0v) is 7.49. The van der Waals surface area contributed by atoms with Crippen LogP contribution in [0, 0.1) is 18.3 Å². The summed E-state index contributed by atoms with van der Waals surface area (Å²) in [6, 6.07) is 7.70. The fourth-order valence-electron chi connectivity index (χ4n) is 1.10. The van der Waals surface area contributed by atoms with Crippen LogP contribution in [0.2, 0.25) is 0 Å². The van der Waals surface area contributed by atoms with Gasteiger partial charge in [-0.15, -0.1) is 0 Å². The predicted molar refractivity (Wildman–Crippen MR) is 52.0 cm³/mol. The Labute approximate surface area is 77.8 Å². The molecule has 1 rings (SSSR count). The van der Waals surface area contributed by atoms with Gasteiger partial charge < -0.3 is 5.11 Å². The molecule has 0 bridgehead atoms. The summed E-state index contributed by atoms with van der Waals surface area (Å²) in [5.74, 6) is 0. The minimum absolute atomic E-state index is 0.00118. The van der Waals surface area contributed by atoms with Crippen LogP contribution in [-0.4, -0.2) is 11.7 Å². The maximum atomic E-state index is 8.76. The first kappa shape index (κ1) is 9.50. The molecule has 0 aromatic heterocycles. The maximum absolute atomic E-state index is 8.76. The molecule has 0 aliphatic heterocycles. The molecule has 0 aliphatic carbocycles. The second kappa shape index (κ2) is 4.44. The number of aliphatic hydroxyl groups is 1. The molecule has 0 heterocycles. The molecule has 13 heavy (non-hydrogen) atoms. The van der Waals surface area contributed by atoms with Crippen LogP contribution in [0.4, 0.5) is 0 Å². The van der Waals surface area contributed by atoms with Gasteiger partial charge in [0.15, 0.2) is 0 Å². The maximum Gasteiger partial charge on any atom is 0.0997 e. The van der Waals surface area contributed by atoms with Crippen molar-refractivity contribution < 1.29 is 5.11 Å². The van der Waals surface area contributed by atoms with Crippen molar-refractivity contribution in [1.82, 2.24) is 0 Å². The Balaban J connectivity index is 3.10. The third kappa shape index (κ3) is 2.43. The van der Waals surface area contributed by atoms with Crippen molar-refractivity contribution in [2.75, 3.05) is 6.61 Å². The van der Waals surface area contributed by atoms with Gasteiger partial charge >= 0.3 is 0 Å². The van der Waals surface area contributed by atoms with Gasteiger partial charge in [-0.1, -0.05) is 29.8 Å². The van der Waals surface area contributed by atoms with E-state index >= 15 is 0 Å². The number of aliphatic hydroxyl groups excluding tert-OH is 1. The summed E-state index contributed by atoms with van der Waals surface area (Å²) in [4.78, 5) is 0. The zero-order valence-electron chi connectivity index (χ0n) is 7.49. The van der Waals surface area contributed by atoms with Crippen LogP contribution in [0.25, 0.3) is 6.08 Å². The van der Waals surface area contributed by atoms with E-state index in [9.17, 15) is 0 Å². The lowest BCUT2D eigenvalue weighted by Gasteiger charge is -1.98. The largest absolute Gasteiger partial charge is 0.392 e. The molecule has 66 valence electrons. The van der Waals surface area contributed by atoms with E-state index in [0.29, 0.717) is 5.56 Å². The lowest BCUT2D eigenvalue weighted by Crippen LogP contribution is -1.84. The minimum atomic E-state index is -0.00118. The first-order valence-corrected chi connectivity index (χ1v) is 4.06. The molecule has 1 aromatic rings. The molecule has 2 nitrogen and oxygen atoms in total. The number of nitrogens with zero attached hydrogens (tertiary/aromatic N) is 1. The van der Waals surface area contributed by atoms with Gasteiger partial charge in [-0.05, 0) is 18.6 Å². The average molecular weight is 173 g/mol. The normalized spacial score (nSPS) is 10.2. The molecule has 1 aromatic carbocycles. The lowest BCUT2D eigenvalue weighted by atomic mass is 10.1. The van der Waals surface area contributed by atoms with Crippen LogP contribution in [-0.2, 0) is 0 Å². The molecule has 0 saturated carbocycles. The van der Waals surface area contributed by atoms with Crippen molar-refractivity contribution in [3.05, 3.63) is 41.0 Å². The molecule has 0 unspecified atom stereocenters. The summed E-state index contributed by atoms with van der Waals surface area (Å²) < 4.78 is 0. The Bertz CT molecular complexity index is 361. The quantitative estimate of drug-likeness (QED) is 0.742. The zero-order chi connectivity index (χ0) is 9.68. The van der Waals surface area contributed by atoms with Crippen LogP contribution in [0.3, 0.4) is 0 Å². The van der Waals surface area contributed by atoms with Crippen molar-refractivity contribution in [2.45, 2.75) is 6.92 Å². The van der Waals surface area contributed by atoms with Crippen LogP contribution in [0.15, 0.2) is 24.3 Å². The molecule has 0 atom stereocenters. The predicted octanol–water partition coefficient (Wildman–Crippen LogP) is 1.87. The van der Waals surface area contributed by atoms with E-state index in [1.54, 1.807) is 18.2 Å². The van der Waals surface area contributed by atoms with Crippen molar-refractivity contribution in [3.63, 3.8) is 0 Å². The summed E-state index contributed by atoms with van der Waals surface area (Å²) in [5.41, 5.74) is 2.60. The Hall–Kier alpha value is -1.59. The Morgan fingerprint density at radius 1 is 1.54 bits per heavy atom. The number of aryl methyl sites for hydroxylation is 1. The van der Waals surface area contributed by atoms with Gasteiger partial charge in [0.2, 0.25) is 0 Å². The molecular formula is C11H11NO. The van der Waals surface area contributed by atoms with Gasteiger partial charge in [0.1, 0.15) is 0 Å². The summed E-state index contributed by atoms with van der Waals surface area (Å²) in [7, 11) is 0. The lowest BCUT2D eigenvalue weighted by molar-refractivity contribution is 0.343. The van der Waals surface area contributed by atoms with Gasteiger partial charge in [0.05, 0.1) is 18.2 Å². The topological polar surface area (TPSA) is 44.0 Å². The summed E-state index contributed by atoms with van der Waals surface area (Å²) in [6.45, 7) is 1.97. The van der Waals surface area contributed by atoms with Crippen LogP contribution in [0.5, 0.6) is 0 Å². The fourth-order valence-corrected chi connectivity index (χ4v) is 1.10. The monoisotopic (exact) mass is 173 g/mol. The molecule has 0 radical (unpaired) electrons. The molecule has 0 spiro atoms. The van der Waals surface area contributed by atoms with Gasteiger partial charge in [-0.2, -0.15) is 5.26 Å². The highest BCUT2D eigenvalue weighted by atomic mass is 16.2. The van der Waals surface area contributed by atoms with Crippen molar-refractivity contribution >= 4 is 6.08 Å². The number of nitriles is 1. The summed E-state index contributed by atoms with van der Waals surface area (Å²) >= 11 is 0. The second-order valence-corrected chi connectivity index (χ2v) is 2.79. The summed E-state index contributed by atoms with van der Waals surface area (Å²) in [6.07, 6.45) is 3.38. The molecule has 2 heteroatoms. The number of hydrogen-bond donors (Lipinski definition) is 1. The molecule has 0 aliphatic rings. The molecule has 0 amide bonds. The highest BCUT2D eigenvalue weighted by molar-refractivity contribution is 5.58. The van der Waals surface area contributed by atoms with Gasteiger partial charge in [-0.3, -0.25) is 0 Å². The molecule has 0 fully saturated rings. The van der Waals surface area contributed by atoms with Crippen molar-refractivity contribution in [2.24, 2.45) is 0 Å². The summed E-state index contributed by atoms with van der Waals surface area (Å²) in [5, 5.41) is 17.4. The number of benzene rings is 1. The average Bonchev–Trinajstić information content (AvgIpc) is 2.15. The second-order valence-electron chi connectivity index (χ2n) is 2.79. The van der Waals surface area contributed by atoms with Crippen molar-refractivity contribution in [1.29, 1.82) is 5.26 Å². The highest BCUT2D eigenvalue weighted by Crippen LogP contribution is 2.12. The van der Waals surface area contributed by atoms with Gasteiger partial charge in [-0.25, -0.2) is 0 Å². The Morgan fingerprint density at radius 2 is 2.31 bits per heavy atom. The highest BCUT2D eigenvalue weighted by Gasteiger charge is 1.97. The fraction of sp³-hybridized carbons (Fsp3) is 0.182. The first-order valence-electron chi connectivity index (χ1n) is 4.06. The Morgan fingerprint density at radius 3 is 2.92 bits per heavy atom. The van der Waals surface area contributed by atoms with E-state index in [1.165, 1.54) is 0 Å². The number of hydrogen-bond acceptors (Lipinski definition) is 2. The minimum Gasteiger partial charge on any atom is -0.392 e. The molecule has 1 N–H and O–H groups in total. The van der Waals surface area contributed by atoms with Gasteiger partial charge in [0.25, 0.3) is 0 Å². The van der Waals surface area contributed by atoms with Crippen molar-refractivity contribution in [3.8, 4) is 6.07 Å². The Kier molecular flexibility index (Phi) is 3.24. The van der Waals surface area contributed by atoms with E-state index < -0.39 is 0 Å². The van der Waals surface area contributed by atoms with E-state index in [-0.39, 0.29) is 6.61 Å². The van der Waals surface area contributed by atoms with Crippen LogP contribution < -0.4 is 0 Å². The van der Waals surface area contributed by atoms with Crippen LogP contribution >= 0.6 is 0 Å². The van der Waals surface area contributed by atoms with E-state index in [4.69, 9.17) is 10.4 Å².